The molecule has 0 aromatic rings. The minimum Gasteiger partial charge on any atom is -0.377 e. The number of rotatable bonds is 6. The lowest BCUT2D eigenvalue weighted by Gasteiger charge is -2.48. The van der Waals surface area contributed by atoms with E-state index in [0.717, 1.165) is 25.9 Å². The molecule has 4 saturated heterocycles. The van der Waals surface area contributed by atoms with Gasteiger partial charge in [-0.15, -0.1) is 0 Å². The molecule has 35 heavy (non-hydrogen) atoms. The van der Waals surface area contributed by atoms with Crippen LogP contribution in [-0.4, -0.2) is 79.4 Å². The number of carbonyl (C=O) groups excluding carboxylic acids is 1. The van der Waals surface area contributed by atoms with E-state index in [1.165, 1.54) is 0 Å². The topological polar surface area (TPSA) is 80.9 Å². The molecule has 1 amide bonds. The summed E-state index contributed by atoms with van der Waals surface area (Å²) in [6, 6.07) is 0. The van der Waals surface area contributed by atoms with Crippen LogP contribution in [0.3, 0.4) is 0 Å². The molecule has 0 spiro atoms. The highest BCUT2D eigenvalue weighted by Gasteiger charge is 2.56. The number of fused-ring (bicyclic) bond motifs is 1. The van der Waals surface area contributed by atoms with Crippen LogP contribution in [0.5, 0.6) is 0 Å². The highest BCUT2D eigenvalue weighted by molar-refractivity contribution is 5.82. The Hall–Kier alpha value is -0.980. The largest absolute Gasteiger partial charge is 0.392 e. The van der Waals surface area contributed by atoms with Crippen LogP contribution in [0.1, 0.15) is 52.4 Å². The Morgan fingerprint density at radius 2 is 2.03 bits per heavy atom. The number of hydrogen-bond donors (Lipinski definition) is 4. The van der Waals surface area contributed by atoms with Crippen LogP contribution in [0, 0.1) is 29.6 Å². The lowest BCUT2D eigenvalue weighted by molar-refractivity contribution is -0.198. The Bertz CT molecular complexity index is 781. The summed E-state index contributed by atoms with van der Waals surface area (Å²) in [7, 11) is 2.08. The van der Waals surface area contributed by atoms with Crippen molar-refractivity contribution in [1.29, 1.82) is 0 Å². The molecule has 0 bridgehead atoms. The van der Waals surface area contributed by atoms with Gasteiger partial charge in [0.15, 0.2) is 0 Å². The number of amides is 1. The maximum absolute atomic E-state index is 13.8. The fourth-order valence-electron chi connectivity index (χ4n) is 7.09. The molecule has 0 aromatic heterocycles. The molecule has 5 rings (SSSR count). The van der Waals surface area contributed by atoms with Gasteiger partial charge in [0.1, 0.15) is 0 Å². The summed E-state index contributed by atoms with van der Waals surface area (Å²) in [6.45, 7) is 6.66. The SMILES string of the molecule is C[C@H](CC1NNCN1C)C1CC(NC2(C)COC2)NC(N2CC3C(CCCC3C(F)(F)F)C2=O)C1. The van der Waals surface area contributed by atoms with E-state index in [1.807, 2.05) is 0 Å². The maximum atomic E-state index is 13.8. The quantitative estimate of drug-likeness (QED) is 0.441. The van der Waals surface area contributed by atoms with Gasteiger partial charge in [-0.3, -0.25) is 20.3 Å². The van der Waals surface area contributed by atoms with E-state index in [2.05, 4.69) is 47.3 Å². The minimum absolute atomic E-state index is 0.0173. The molecule has 200 valence electrons. The zero-order valence-electron chi connectivity index (χ0n) is 21.0. The zero-order chi connectivity index (χ0) is 25.0. The highest BCUT2D eigenvalue weighted by atomic mass is 19.4. The van der Waals surface area contributed by atoms with Crippen LogP contribution in [0.2, 0.25) is 0 Å². The standard InChI is InChI=1S/C24H41F3N6O2/c1-14(7-21-31-28-13-32(21)3)15-8-19(30-23(2)11-35-12-23)29-20(9-15)33-10-17-16(22(33)34)5-4-6-18(17)24(25,26)27/h14-21,28-31H,4-13H2,1-3H3/t14-,15?,16?,17?,18?,19?,20?,21?/m1/s1. The van der Waals surface area contributed by atoms with Crippen molar-refractivity contribution in [1.82, 2.24) is 31.3 Å². The molecular weight excluding hydrogens is 461 g/mol. The summed E-state index contributed by atoms with van der Waals surface area (Å²) in [5.41, 5.74) is 6.39. The van der Waals surface area contributed by atoms with Crippen LogP contribution in [-0.2, 0) is 9.53 Å². The summed E-state index contributed by atoms with van der Waals surface area (Å²) >= 11 is 0. The van der Waals surface area contributed by atoms with Crippen molar-refractivity contribution in [2.45, 2.75) is 82.6 Å². The third-order valence-electron chi connectivity index (χ3n) is 9.22. The van der Waals surface area contributed by atoms with Gasteiger partial charge >= 0.3 is 6.18 Å². The maximum Gasteiger partial charge on any atom is 0.392 e. The first-order chi connectivity index (χ1) is 16.5. The third kappa shape index (κ3) is 5.22. The fraction of sp³-hybridized carbons (Fsp3) is 0.958. The number of alkyl halides is 3. The Labute approximate surface area is 206 Å². The van der Waals surface area contributed by atoms with Gasteiger partial charge in [0.2, 0.25) is 5.91 Å². The van der Waals surface area contributed by atoms with Crippen LogP contribution in [0.4, 0.5) is 13.2 Å². The van der Waals surface area contributed by atoms with Gasteiger partial charge in [-0.1, -0.05) is 13.3 Å². The van der Waals surface area contributed by atoms with Crippen LogP contribution in [0.25, 0.3) is 0 Å². The predicted octanol–water partition coefficient (Wildman–Crippen LogP) is 1.80. The average molecular weight is 503 g/mol. The van der Waals surface area contributed by atoms with E-state index in [4.69, 9.17) is 4.74 Å². The van der Waals surface area contributed by atoms with Gasteiger partial charge in [-0.25, -0.2) is 10.9 Å². The van der Waals surface area contributed by atoms with Gasteiger partial charge in [0.05, 0.1) is 49.8 Å². The van der Waals surface area contributed by atoms with Gasteiger partial charge < -0.3 is 9.64 Å². The van der Waals surface area contributed by atoms with E-state index in [1.54, 1.807) is 4.90 Å². The number of halogens is 3. The molecule has 0 radical (unpaired) electrons. The molecule has 7 unspecified atom stereocenters. The van der Waals surface area contributed by atoms with Crippen LogP contribution >= 0.6 is 0 Å². The van der Waals surface area contributed by atoms with E-state index < -0.39 is 23.9 Å². The van der Waals surface area contributed by atoms with Crippen LogP contribution in [0.15, 0.2) is 0 Å². The fourth-order valence-corrected chi connectivity index (χ4v) is 7.09. The van der Waals surface area contributed by atoms with Crippen molar-refractivity contribution >= 4 is 5.91 Å². The number of nitrogens with one attached hydrogen (secondary N) is 4. The Kier molecular flexibility index (Phi) is 7.13. The molecule has 4 N–H and O–H groups in total. The summed E-state index contributed by atoms with van der Waals surface area (Å²) in [4.78, 5) is 17.4. The van der Waals surface area contributed by atoms with Crippen molar-refractivity contribution in [3.8, 4) is 0 Å². The van der Waals surface area contributed by atoms with E-state index in [0.29, 0.717) is 37.9 Å². The van der Waals surface area contributed by atoms with E-state index in [-0.39, 0.29) is 42.9 Å². The smallest absolute Gasteiger partial charge is 0.377 e. The van der Waals surface area contributed by atoms with Crippen molar-refractivity contribution < 1.29 is 22.7 Å². The molecule has 4 aliphatic heterocycles. The Balaban J connectivity index is 1.32. The van der Waals surface area contributed by atoms with Crippen molar-refractivity contribution in [3.63, 3.8) is 0 Å². The number of piperidine rings is 1. The molecular formula is C24H41F3N6O2. The highest BCUT2D eigenvalue weighted by Crippen LogP contribution is 2.48. The lowest BCUT2D eigenvalue weighted by atomic mass is 9.73. The molecule has 1 aliphatic carbocycles. The zero-order valence-corrected chi connectivity index (χ0v) is 21.0. The summed E-state index contributed by atoms with van der Waals surface area (Å²) in [5.74, 6) is -1.85. The molecule has 4 heterocycles. The molecule has 5 fully saturated rings. The van der Waals surface area contributed by atoms with Gasteiger partial charge in [0, 0.05) is 12.5 Å². The number of hydrogen-bond acceptors (Lipinski definition) is 7. The van der Waals surface area contributed by atoms with Crippen molar-refractivity contribution in [3.05, 3.63) is 0 Å². The second-order valence-electron chi connectivity index (χ2n) is 12.0. The Morgan fingerprint density at radius 1 is 1.26 bits per heavy atom. The van der Waals surface area contributed by atoms with Crippen molar-refractivity contribution in [2.24, 2.45) is 29.6 Å². The average Bonchev–Trinajstić information content (AvgIpc) is 3.34. The third-order valence-corrected chi connectivity index (χ3v) is 9.22. The first-order valence-corrected chi connectivity index (χ1v) is 13.2. The van der Waals surface area contributed by atoms with Crippen molar-refractivity contribution in [2.75, 3.05) is 33.5 Å². The van der Waals surface area contributed by atoms with Gasteiger partial charge in [-0.05, 0) is 63.8 Å². The molecule has 5 aliphatic rings. The molecule has 1 saturated carbocycles. The minimum atomic E-state index is -4.24. The number of nitrogens with zero attached hydrogens (tertiary/aromatic N) is 2. The van der Waals surface area contributed by atoms with Crippen LogP contribution < -0.4 is 21.5 Å². The summed E-state index contributed by atoms with van der Waals surface area (Å²) < 4.78 is 46.8. The second kappa shape index (κ2) is 9.72. The normalized spacial score (nSPS) is 41.0. The molecule has 8 atom stereocenters. The first kappa shape index (κ1) is 25.7. The molecule has 0 aromatic carbocycles. The number of carbonyl (C=O) groups is 1. The predicted molar refractivity (Wildman–Crippen MR) is 124 cm³/mol. The number of likely N-dealkylation sites (tertiary alicyclic amines) is 1. The second-order valence-corrected chi connectivity index (χ2v) is 12.0. The number of hydrazine groups is 1. The Morgan fingerprint density at radius 3 is 2.66 bits per heavy atom. The van der Waals surface area contributed by atoms with Gasteiger partial charge in [-0.2, -0.15) is 13.2 Å². The summed E-state index contributed by atoms with van der Waals surface area (Å²) in [6.07, 6.45) is -0.446. The molecule has 8 nitrogen and oxygen atoms in total. The molecule has 11 heteroatoms. The summed E-state index contributed by atoms with van der Waals surface area (Å²) in [5, 5.41) is 7.31. The van der Waals surface area contributed by atoms with Gasteiger partial charge in [0.25, 0.3) is 0 Å². The first-order valence-electron chi connectivity index (χ1n) is 13.2. The lowest BCUT2D eigenvalue weighted by Crippen LogP contribution is -2.68. The number of ether oxygens (including phenoxy) is 1. The van der Waals surface area contributed by atoms with E-state index >= 15 is 0 Å². The van der Waals surface area contributed by atoms with E-state index in [9.17, 15) is 18.0 Å². The monoisotopic (exact) mass is 502 g/mol.